The van der Waals surface area contributed by atoms with Crippen LogP contribution in [0.3, 0.4) is 0 Å². The number of rotatable bonds is 7. The highest BCUT2D eigenvalue weighted by Gasteiger charge is 2.37. The minimum Gasteiger partial charge on any atom is -0.492 e. The summed E-state index contributed by atoms with van der Waals surface area (Å²) >= 11 is 0. The second-order valence-electron chi connectivity index (χ2n) is 9.84. The van der Waals surface area contributed by atoms with Crippen molar-refractivity contribution in [2.75, 3.05) is 24.0 Å². The van der Waals surface area contributed by atoms with Crippen molar-refractivity contribution in [3.05, 3.63) is 83.9 Å². The summed E-state index contributed by atoms with van der Waals surface area (Å²) in [4.78, 5) is 13.1. The molecule has 1 atom stereocenters. The molecule has 190 valence electrons. The van der Waals surface area contributed by atoms with E-state index in [-0.39, 0.29) is 30.0 Å². The quantitative estimate of drug-likeness (QED) is 0.477. The van der Waals surface area contributed by atoms with E-state index in [0.717, 1.165) is 11.3 Å². The van der Waals surface area contributed by atoms with Gasteiger partial charge in [-0.15, -0.1) is 0 Å². The molecule has 1 heterocycles. The number of carbonyl (C=O) groups excluding carboxylic acids is 1. The molecule has 0 saturated heterocycles. The number of nitrogens with zero attached hydrogens (tertiary/aromatic N) is 1. The number of sulfonamides is 1. The topological polar surface area (TPSA) is 84.9 Å². The molecule has 0 aromatic heterocycles. The number of ether oxygens (including phenoxy) is 2. The van der Waals surface area contributed by atoms with Crippen LogP contribution in [0, 0.1) is 6.92 Å². The van der Waals surface area contributed by atoms with E-state index in [0.29, 0.717) is 11.4 Å². The smallest absolute Gasteiger partial charge is 0.264 e. The second kappa shape index (κ2) is 10.2. The maximum Gasteiger partial charge on any atom is 0.264 e. The Bertz CT molecular complexity index is 1320. The minimum atomic E-state index is -3.89. The van der Waals surface area contributed by atoms with Gasteiger partial charge in [-0.05, 0) is 59.9 Å². The van der Waals surface area contributed by atoms with Gasteiger partial charge in [0.05, 0.1) is 23.7 Å². The summed E-state index contributed by atoms with van der Waals surface area (Å²) in [5.74, 6) is 0.665. The third kappa shape index (κ3) is 5.65. The predicted molar refractivity (Wildman–Crippen MR) is 140 cm³/mol. The van der Waals surface area contributed by atoms with Crippen molar-refractivity contribution in [3.8, 4) is 11.5 Å². The maximum absolute atomic E-state index is 13.5. The van der Waals surface area contributed by atoms with Crippen LogP contribution in [-0.4, -0.2) is 40.1 Å². The third-order valence-corrected chi connectivity index (χ3v) is 7.79. The van der Waals surface area contributed by atoms with Crippen LogP contribution in [0.15, 0.2) is 77.7 Å². The summed E-state index contributed by atoms with van der Waals surface area (Å²) < 4.78 is 39.8. The number of benzene rings is 3. The van der Waals surface area contributed by atoms with Gasteiger partial charge in [0.2, 0.25) is 0 Å². The lowest BCUT2D eigenvalue weighted by atomic mass is 9.87. The van der Waals surface area contributed by atoms with Gasteiger partial charge in [-0.3, -0.25) is 9.10 Å². The summed E-state index contributed by atoms with van der Waals surface area (Å²) in [6.07, 6.45) is -0.996. The van der Waals surface area contributed by atoms with E-state index in [1.54, 1.807) is 42.5 Å². The lowest BCUT2D eigenvalue weighted by Gasteiger charge is -2.35. The summed E-state index contributed by atoms with van der Waals surface area (Å²) in [6, 6.07) is 21.4. The van der Waals surface area contributed by atoms with E-state index >= 15 is 0 Å². The number of aryl methyl sites for hydroxylation is 1. The van der Waals surface area contributed by atoms with E-state index < -0.39 is 22.0 Å². The van der Waals surface area contributed by atoms with E-state index in [4.69, 9.17) is 9.47 Å². The first-order valence-corrected chi connectivity index (χ1v) is 13.4. The number of carbonyl (C=O) groups is 1. The Balaban J connectivity index is 1.42. The number of amides is 1. The molecule has 1 unspecified atom stereocenters. The normalized spacial score (nSPS) is 15.6. The van der Waals surface area contributed by atoms with Gasteiger partial charge in [0, 0.05) is 0 Å². The fourth-order valence-electron chi connectivity index (χ4n) is 3.95. The lowest BCUT2D eigenvalue weighted by Crippen LogP contribution is -2.51. The molecule has 0 radical (unpaired) electrons. The fraction of sp³-hybridized carbons (Fsp3) is 0.321. The zero-order valence-electron chi connectivity index (χ0n) is 21.0. The SMILES string of the molecule is Cc1ccc2c(c1)N(S(=O)(=O)c1ccccc1)CC(C(=O)NCCOc1ccc(C(C)(C)C)cc1)O2. The first kappa shape index (κ1) is 25.6. The molecular weight excluding hydrogens is 476 g/mol. The Hall–Kier alpha value is -3.52. The van der Waals surface area contributed by atoms with Crippen molar-refractivity contribution >= 4 is 21.6 Å². The highest BCUT2D eigenvalue weighted by molar-refractivity contribution is 7.92. The molecule has 0 spiro atoms. The number of fused-ring (bicyclic) bond motifs is 1. The molecule has 8 heteroatoms. The van der Waals surface area contributed by atoms with Gasteiger partial charge in [-0.25, -0.2) is 8.42 Å². The highest BCUT2D eigenvalue weighted by Crippen LogP contribution is 2.37. The van der Waals surface area contributed by atoms with E-state index in [9.17, 15) is 13.2 Å². The van der Waals surface area contributed by atoms with Crippen LogP contribution in [0.5, 0.6) is 11.5 Å². The standard InChI is InChI=1S/C28H32N2O5S/c1-20-10-15-25-24(18-20)30(36(32,33)23-8-6-5-7-9-23)19-26(35-25)27(31)29-16-17-34-22-13-11-21(12-14-22)28(2,3)4/h5-15,18,26H,16-17,19H2,1-4H3,(H,29,31). The summed E-state index contributed by atoms with van der Waals surface area (Å²) in [5, 5.41) is 2.80. The van der Waals surface area contributed by atoms with Gasteiger partial charge >= 0.3 is 0 Å². The molecule has 0 bridgehead atoms. The van der Waals surface area contributed by atoms with Crippen LogP contribution in [0.25, 0.3) is 0 Å². The summed E-state index contributed by atoms with van der Waals surface area (Å²) in [6.45, 7) is 8.73. The average Bonchev–Trinajstić information content (AvgIpc) is 2.86. The Morgan fingerprint density at radius 3 is 2.42 bits per heavy atom. The van der Waals surface area contributed by atoms with Gasteiger partial charge in [0.25, 0.3) is 15.9 Å². The molecule has 1 aliphatic heterocycles. The molecule has 36 heavy (non-hydrogen) atoms. The first-order valence-electron chi connectivity index (χ1n) is 11.9. The van der Waals surface area contributed by atoms with Crippen molar-refractivity contribution in [2.45, 2.75) is 44.1 Å². The monoisotopic (exact) mass is 508 g/mol. The van der Waals surface area contributed by atoms with Crippen LogP contribution in [0.1, 0.15) is 31.9 Å². The van der Waals surface area contributed by atoms with Crippen LogP contribution < -0.4 is 19.1 Å². The van der Waals surface area contributed by atoms with Crippen LogP contribution >= 0.6 is 0 Å². The molecule has 0 saturated carbocycles. The van der Waals surface area contributed by atoms with Crippen molar-refractivity contribution in [1.82, 2.24) is 5.32 Å². The lowest BCUT2D eigenvalue weighted by molar-refractivity contribution is -0.127. The van der Waals surface area contributed by atoms with Crippen molar-refractivity contribution in [1.29, 1.82) is 0 Å². The molecule has 1 amide bonds. The molecule has 1 aliphatic rings. The van der Waals surface area contributed by atoms with Crippen LogP contribution in [0.2, 0.25) is 0 Å². The van der Waals surface area contributed by atoms with Gasteiger partial charge in [-0.1, -0.05) is 57.2 Å². The summed E-state index contributed by atoms with van der Waals surface area (Å²) in [5.41, 5.74) is 2.58. The first-order chi connectivity index (χ1) is 17.1. The van der Waals surface area contributed by atoms with Gasteiger partial charge in [-0.2, -0.15) is 0 Å². The molecule has 1 N–H and O–H groups in total. The van der Waals surface area contributed by atoms with Crippen molar-refractivity contribution in [2.24, 2.45) is 0 Å². The van der Waals surface area contributed by atoms with Gasteiger partial charge in [0.1, 0.15) is 18.1 Å². The third-order valence-electron chi connectivity index (χ3n) is 6.00. The highest BCUT2D eigenvalue weighted by atomic mass is 32.2. The molecule has 0 fully saturated rings. The fourth-order valence-corrected chi connectivity index (χ4v) is 5.44. The molecule has 3 aromatic rings. The molecular formula is C28H32N2O5S. The Kier molecular flexibility index (Phi) is 7.26. The van der Waals surface area contributed by atoms with E-state index in [1.807, 2.05) is 37.3 Å². The second-order valence-corrected chi connectivity index (χ2v) is 11.7. The zero-order valence-corrected chi connectivity index (χ0v) is 21.8. The zero-order chi connectivity index (χ0) is 25.9. The van der Waals surface area contributed by atoms with Crippen LogP contribution in [-0.2, 0) is 20.2 Å². The largest absolute Gasteiger partial charge is 0.492 e. The van der Waals surface area contributed by atoms with E-state index in [2.05, 4.69) is 26.1 Å². The molecule has 4 rings (SSSR count). The molecule has 7 nitrogen and oxygen atoms in total. The Morgan fingerprint density at radius 2 is 1.75 bits per heavy atom. The van der Waals surface area contributed by atoms with Gasteiger partial charge in [0.15, 0.2) is 6.10 Å². The van der Waals surface area contributed by atoms with Gasteiger partial charge < -0.3 is 14.8 Å². The maximum atomic E-state index is 13.5. The number of nitrogens with one attached hydrogen (secondary N) is 1. The molecule has 3 aromatic carbocycles. The molecule has 0 aliphatic carbocycles. The van der Waals surface area contributed by atoms with E-state index in [1.165, 1.54) is 9.87 Å². The Morgan fingerprint density at radius 1 is 1.06 bits per heavy atom. The number of hydrogen-bond acceptors (Lipinski definition) is 5. The van der Waals surface area contributed by atoms with Crippen LogP contribution in [0.4, 0.5) is 5.69 Å². The Labute approximate surface area is 213 Å². The average molecular weight is 509 g/mol. The number of hydrogen-bond donors (Lipinski definition) is 1. The summed E-state index contributed by atoms with van der Waals surface area (Å²) in [7, 11) is -3.89. The number of anilines is 1. The minimum absolute atomic E-state index is 0.0612. The predicted octanol–water partition coefficient (Wildman–Crippen LogP) is 4.44. The van der Waals surface area contributed by atoms with Crippen molar-refractivity contribution in [3.63, 3.8) is 0 Å². The van der Waals surface area contributed by atoms with Crippen molar-refractivity contribution < 1.29 is 22.7 Å².